The molecule has 6 heteroatoms. The first-order valence-corrected chi connectivity index (χ1v) is 8.96. The molecular formula is C20H17N2O3S-. The van der Waals surface area contributed by atoms with E-state index in [4.69, 9.17) is 0 Å². The molecule has 5 nitrogen and oxygen atoms in total. The van der Waals surface area contributed by atoms with Gasteiger partial charge in [-0.05, 0) is 42.8 Å². The smallest absolute Gasteiger partial charge is 0.272 e. The Balaban J connectivity index is 0.000000349. The van der Waals surface area contributed by atoms with Gasteiger partial charge in [0, 0.05) is 38.2 Å². The lowest BCUT2D eigenvalue weighted by atomic mass is 10.1. The van der Waals surface area contributed by atoms with E-state index >= 15 is 0 Å². The van der Waals surface area contributed by atoms with Crippen LogP contribution < -0.4 is 10.7 Å². The molecule has 26 heavy (non-hydrogen) atoms. The lowest BCUT2D eigenvalue weighted by molar-refractivity contribution is -0.305. The molecule has 2 heterocycles. The molecule has 0 amide bonds. The number of carboxylic acids is 1. The maximum atomic E-state index is 11.9. The predicted octanol–water partition coefficient (Wildman–Crippen LogP) is 3.31. The highest BCUT2D eigenvalue weighted by Crippen LogP contribution is 2.31. The number of H-pyrrole nitrogens is 2. The van der Waals surface area contributed by atoms with Gasteiger partial charge in [0.25, 0.3) is 5.56 Å². The van der Waals surface area contributed by atoms with Crippen LogP contribution in [-0.4, -0.2) is 15.9 Å². The van der Waals surface area contributed by atoms with Crippen molar-refractivity contribution in [2.24, 2.45) is 0 Å². The summed E-state index contributed by atoms with van der Waals surface area (Å²) in [6.45, 7) is 1.54. The fraction of sp³-hybridized carbons (Fsp3) is 0.100. The maximum Gasteiger partial charge on any atom is 0.272 e. The highest BCUT2D eigenvalue weighted by atomic mass is 32.2. The van der Waals surface area contributed by atoms with E-state index in [-0.39, 0.29) is 12.0 Å². The van der Waals surface area contributed by atoms with E-state index in [0.29, 0.717) is 5.52 Å². The number of hydrogen-bond donors (Lipinski definition) is 2. The fourth-order valence-corrected chi connectivity index (χ4v) is 3.39. The lowest BCUT2D eigenvalue weighted by Gasteiger charge is -2.05. The average molecular weight is 365 g/mol. The molecule has 132 valence electrons. The molecule has 0 radical (unpaired) electrons. The summed E-state index contributed by atoms with van der Waals surface area (Å²) in [5.74, 6) is -0.995. The number of hydrogen-bond acceptors (Lipinski definition) is 4. The Hall–Kier alpha value is -2.99. The molecule has 0 aliphatic heterocycles. The maximum absolute atomic E-state index is 11.9. The molecule has 2 N–H and O–H groups in total. The topological polar surface area (TPSA) is 88.8 Å². The minimum atomic E-state index is -0.995. The van der Waals surface area contributed by atoms with Crippen LogP contribution in [-0.2, 0) is 4.79 Å². The molecular weight excluding hydrogens is 348 g/mol. The van der Waals surface area contributed by atoms with Gasteiger partial charge < -0.3 is 19.9 Å². The number of pyridine rings is 1. The van der Waals surface area contributed by atoms with E-state index in [2.05, 4.69) is 28.2 Å². The third-order valence-corrected chi connectivity index (χ3v) is 4.77. The normalized spacial score (nSPS) is 10.5. The summed E-state index contributed by atoms with van der Waals surface area (Å²) in [7, 11) is 0. The molecule has 0 aliphatic rings. The third-order valence-electron chi connectivity index (χ3n) is 3.77. The number of benzene rings is 2. The molecule has 0 unspecified atom stereocenters. The first kappa shape index (κ1) is 17.8. The van der Waals surface area contributed by atoms with E-state index in [1.54, 1.807) is 18.0 Å². The van der Waals surface area contributed by atoms with E-state index in [1.807, 2.05) is 36.4 Å². The zero-order valence-corrected chi connectivity index (χ0v) is 14.9. The van der Waals surface area contributed by atoms with Crippen molar-refractivity contribution in [3.63, 3.8) is 0 Å². The van der Waals surface area contributed by atoms with Crippen molar-refractivity contribution >= 4 is 39.5 Å². The van der Waals surface area contributed by atoms with Crippen LogP contribution in [0.15, 0.2) is 75.4 Å². The minimum Gasteiger partial charge on any atom is -0.550 e. The zero-order valence-electron chi connectivity index (χ0n) is 14.1. The summed E-state index contributed by atoms with van der Waals surface area (Å²) >= 11 is 1.72. The van der Waals surface area contributed by atoms with Crippen molar-refractivity contribution in [2.45, 2.75) is 23.1 Å². The largest absolute Gasteiger partial charge is 0.550 e. The molecule has 0 saturated heterocycles. The van der Waals surface area contributed by atoms with Crippen LogP contribution >= 0.6 is 11.8 Å². The van der Waals surface area contributed by atoms with Gasteiger partial charge in [0.2, 0.25) is 0 Å². The number of nitrogens with one attached hydrogen (secondary N) is 2. The standard InChI is InChI=1S/C17H12N2OS.C3H6O2/c20-17-16-13(8-9-18-16)14-10-12(6-7-15(14)19-17)21-11-4-2-1-3-5-11;1-2-3(4)5/h1-10,18H,(H,19,20);2H2,1H3,(H,4,5)/p-1. The Labute approximate surface area is 154 Å². The Morgan fingerprint density at radius 1 is 1.04 bits per heavy atom. The van der Waals surface area contributed by atoms with Crippen LogP contribution in [0.25, 0.3) is 21.8 Å². The highest BCUT2D eigenvalue weighted by Gasteiger charge is 2.07. The highest BCUT2D eigenvalue weighted by molar-refractivity contribution is 7.99. The summed E-state index contributed by atoms with van der Waals surface area (Å²) in [4.78, 5) is 29.5. The van der Waals surface area contributed by atoms with Gasteiger partial charge in [0.1, 0.15) is 5.52 Å². The average Bonchev–Trinajstić information content (AvgIpc) is 3.14. The Kier molecular flexibility index (Phi) is 5.43. The summed E-state index contributed by atoms with van der Waals surface area (Å²) in [5, 5.41) is 11.3. The summed E-state index contributed by atoms with van der Waals surface area (Å²) in [6.07, 6.45) is 1.91. The van der Waals surface area contributed by atoms with Crippen molar-refractivity contribution < 1.29 is 9.90 Å². The quantitative estimate of drug-likeness (QED) is 0.583. The molecule has 0 atom stereocenters. The van der Waals surface area contributed by atoms with Gasteiger partial charge >= 0.3 is 0 Å². The molecule has 0 spiro atoms. The van der Waals surface area contributed by atoms with Crippen LogP contribution in [0.1, 0.15) is 13.3 Å². The van der Waals surface area contributed by atoms with Crippen molar-refractivity contribution in [1.82, 2.24) is 9.97 Å². The lowest BCUT2D eigenvalue weighted by Crippen LogP contribution is -2.19. The summed E-state index contributed by atoms with van der Waals surface area (Å²) < 4.78 is 0. The van der Waals surface area contributed by atoms with Crippen LogP contribution in [0.5, 0.6) is 0 Å². The number of aromatic nitrogens is 2. The second kappa shape index (κ2) is 7.93. The minimum absolute atomic E-state index is 0.0778. The van der Waals surface area contributed by atoms with Gasteiger partial charge in [-0.15, -0.1) is 0 Å². The van der Waals surface area contributed by atoms with Gasteiger partial charge in [-0.2, -0.15) is 0 Å². The molecule has 4 rings (SSSR count). The van der Waals surface area contributed by atoms with Gasteiger partial charge in [-0.3, -0.25) is 4.79 Å². The van der Waals surface area contributed by atoms with E-state index in [0.717, 1.165) is 21.2 Å². The Morgan fingerprint density at radius 3 is 2.46 bits per heavy atom. The van der Waals surface area contributed by atoms with Gasteiger partial charge in [0.15, 0.2) is 0 Å². The molecule has 2 aromatic heterocycles. The van der Waals surface area contributed by atoms with Crippen LogP contribution in [0.3, 0.4) is 0 Å². The molecule has 0 saturated carbocycles. The van der Waals surface area contributed by atoms with E-state index in [9.17, 15) is 14.7 Å². The zero-order chi connectivity index (χ0) is 18.5. The van der Waals surface area contributed by atoms with E-state index in [1.165, 1.54) is 11.8 Å². The molecule has 2 aromatic carbocycles. The Bertz CT molecular complexity index is 1100. The number of rotatable bonds is 3. The van der Waals surface area contributed by atoms with Gasteiger partial charge in [0.05, 0.1) is 0 Å². The van der Waals surface area contributed by atoms with Gasteiger partial charge in [-0.1, -0.05) is 36.9 Å². The Morgan fingerprint density at radius 2 is 1.77 bits per heavy atom. The first-order valence-electron chi connectivity index (χ1n) is 8.14. The van der Waals surface area contributed by atoms with Crippen molar-refractivity contribution in [3.8, 4) is 0 Å². The predicted molar refractivity (Wildman–Crippen MR) is 102 cm³/mol. The first-order chi connectivity index (χ1) is 12.6. The molecule has 0 bridgehead atoms. The number of aliphatic carboxylic acids is 1. The molecule has 4 aromatic rings. The third kappa shape index (κ3) is 3.97. The number of carboxylic acid groups (broad SMARTS) is 1. The number of carbonyl (C=O) groups excluding carboxylic acids is 1. The number of carbonyl (C=O) groups is 1. The molecule has 0 aliphatic carbocycles. The van der Waals surface area contributed by atoms with Crippen molar-refractivity contribution in [1.29, 1.82) is 0 Å². The number of fused-ring (bicyclic) bond motifs is 3. The number of aromatic amines is 2. The van der Waals surface area contributed by atoms with Gasteiger partial charge in [-0.25, -0.2) is 0 Å². The summed E-state index contributed by atoms with van der Waals surface area (Å²) in [5.41, 5.74) is 1.42. The van der Waals surface area contributed by atoms with Crippen molar-refractivity contribution in [2.75, 3.05) is 0 Å². The summed E-state index contributed by atoms with van der Waals surface area (Å²) in [6, 6.07) is 18.3. The van der Waals surface area contributed by atoms with Crippen LogP contribution in [0, 0.1) is 0 Å². The fourth-order valence-electron chi connectivity index (χ4n) is 2.51. The molecule has 0 fully saturated rings. The van der Waals surface area contributed by atoms with Crippen molar-refractivity contribution in [3.05, 3.63) is 71.1 Å². The second-order valence-corrected chi connectivity index (χ2v) is 6.72. The van der Waals surface area contributed by atoms with E-state index < -0.39 is 5.97 Å². The monoisotopic (exact) mass is 365 g/mol. The van der Waals surface area contributed by atoms with Crippen LogP contribution in [0.2, 0.25) is 0 Å². The van der Waals surface area contributed by atoms with Crippen LogP contribution in [0.4, 0.5) is 0 Å². The SMILES string of the molecule is CCC(=O)[O-].O=c1[nH]c2ccc(Sc3ccccc3)cc2c2cc[nH]c12. The second-order valence-electron chi connectivity index (χ2n) is 5.57.